The van der Waals surface area contributed by atoms with Crippen molar-refractivity contribution >= 4 is 17.2 Å². The van der Waals surface area contributed by atoms with Gasteiger partial charge in [0.1, 0.15) is 30.6 Å². The van der Waals surface area contributed by atoms with E-state index in [1.54, 1.807) is 0 Å². The third-order valence-electron chi connectivity index (χ3n) is 6.83. The van der Waals surface area contributed by atoms with Gasteiger partial charge in [-0.3, -0.25) is 25.0 Å². The second-order valence-electron chi connectivity index (χ2n) is 8.92. The molecule has 0 saturated carbocycles. The third-order valence-corrected chi connectivity index (χ3v) is 6.83. The highest BCUT2D eigenvalue weighted by molar-refractivity contribution is 6.20. The molecule has 8 nitrogen and oxygen atoms in total. The van der Waals surface area contributed by atoms with Crippen LogP contribution in [0.4, 0.5) is 10.1 Å². The van der Waals surface area contributed by atoms with Crippen LogP contribution in [-0.2, 0) is 17.9 Å². The molecule has 0 bridgehead atoms. The fourth-order valence-corrected chi connectivity index (χ4v) is 4.98. The molecule has 4 heterocycles. The molecule has 3 aliphatic heterocycles. The van der Waals surface area contributed by atoms with Gasteiger partial charge in [-0.2, -0.15) is 5.10 Å². The number of hydrogen-bond acceptors (Lipinski definition) is 7. The van der Waals surface area contributed by atoms with Gasteiger partial charge >= 0.3 is 0 Å². The minimum Gasteiger partial charge on any atom is -0.299 e. The Morgan fingerprint density at radius 1 is 1.21 bits per heavy atom. The molecule has 9 heteroatoms. The summed E-state index contributed by atoms with van der Waals surface area (Å²) in [5.41, 5.74) is 7.05. The van der Waals surface area contributed by atoms with Crippen molar-refractivity contribution < 1.29 is 14.0 Å². The molecule has 1 saturated heterocycles. The molecule has 2 unspecified atom stereocenters. The van der Waals surface area contributed by atoms with Crippen LogP contribution in [0.3, 0.4) is 0 Å². The van der Waals surface area contributed by atoms with E-state index in [9.17, 15) is 9.18 Å². The van der Waals surface area contributed by atoms with Gasteiger partial charge in [-0.1, -0.05) is 24.3 Å². The lowest BCUT2D eigenvalue weighted by atomic mass is 9.83. The fourth-order valence-electron chi connectivity index (χ4n) is 4.98. The zero-order chi connectivity index (χ0) is 23.2. The zero-order valence-electron chi connectivity index (χ0n) is 18.9. The van der Waals surface area contributed by atoms with Crippen LogP contribution in [0.5, 0.6) is 0 Å². The summed E-state index contributed by atoms with van der Waals surface area (Å²) in [6, 6.07) is 11.0. The molecule has 1 aromatic heterocycles. The Hall–Kier alpha value is -3.43. The van der Waals surface area contributed by atoms with Crippen molar-refractivity contribution in [3.8, 4) is 0 Å². The van der Waals surface area contributed by atoms with Crippen molar-refractivity contribution in [2.75, 3.05) is 25.1 Å². The normalized spacial score (nSPS) is 21.8. The lowest BCUT2D eigenvalue weighted by Gasteiger charge is -2.31. The number of nitrogens with zero attached hydrogens (tertiary/aromatic N) is 5. The molecule has 0 aliphatic carbocycles. The van der Waals surface area contributed by atoms with E-state index in [4.69, 9.17) is 4.84 Å². The first-order valence-electron chi connectivity index (χ1n) is 11.6. The average Bonchev–Trinajstić information content (AvgIpc) is 3.22. The van der Waals surface area contributed by atoms with Crippen LogP contribution in [0.2, 0.25) is 0 Å². The number of aromatic nitrogens is 3. The number of rotatable bonds is 5. The maximum absolute atomic E-state index is 14.4. The van der Waals surface area contributed by atoms with Gasteiger partial charge in [-0.25, -0.2) is 14.1 Å². The predicted molar refractivity (Wildman–Crippen MR) is 124 cm³/mol. The second-order valence-corrected chi connectivity index (χ2v) is 8.92. The van der Waals surface area contributed by atoms with Gasteiger partial charge < -0.3 is 0 Å². The number of Topliss-reactive ketones (excluding diaryl/α,β-unsaturated/α-hetero) is 1. The van der Waals surface area contributed by atoms with Crippen LogP contribution in [0.15, 0.2) is 47.7 Å². The number of aryl methyl sites for hydroxylation is 1. The van der Waals surface area contributed by atoms with Crippen molar-refractivity contribution in [1.82, 2.24) is 19.7 Å². The van der Waals surface area contributed by atoms with Crippen LogP contribution in [0.1, 0.15) is 58.2 Å². The van der Waals surface area contributed by atoms with Crippen LogP contribution >= 0.6 is 0 Å². The molecular weight excluding hydrogens is 435 g/mol. The molecule has 2 aromatic carbocycles. The average molecular weight is 461 g/mol. The Balaban J connectivity index is 1.46. The highest BCUT2D eigenvalue weighted by Gasteiger charge is 2.41. The molecule has 34 heavy (non-hydrogen) atoms. The number of benzene rings is 2. The summed E-state index contributed by atoms with van der Waals surface area (Å²) in [7, 11) is 0. The first-order valence-corrected chi connectivity index (χ1v) is 11.6. The molecule has 0 amide bonds. The van der Waals surface area contributed by atoms with Crippen molar-refractivity contribution in [3.05, 3.63) is 76.6 Å². The summed E-state index contributed by atoms with van der Waals surface area (Å²) >= 11 is 0. The number of nitrogens with one attached hydrogen (secondary N) is 1. The van der Waals surface area contributed by atoms with Gasteiger partial charge in [0.05, 0.1) is 17.3 Å². The third kappa shape index (κ3) is 3.52. The van der Waals surface area contributed by atoms with E-state index >= 15 is 0 Å². The van der Waals surface area contributed by atoms with E-state index in [1.165, 1.54) is 30.4 Å². The highest BCUT2D eigenvalue weighted by Crippen LogP contribution is 2.43. The van der Waals surface area contributed by atoms with Crippen LogP contribution in [0, 0.1) is 5.82 Å². The van der Waals surface area contributed by atoms with Gasteiger partial charge in [0.25, 0.3) is 0 Å². The smallest absolute Gasteiger partial charge is 0.185 e. The van der Waals surface area contributed by atoms with Gasteiger partial charge in [0.15, 0.2) is 5.78 Å². The molecule has 3 aliphatic rings. The number of halogens is 1. The lowest BCUT2D eigenvalue weighted by molar-refractivity contribution is 0.0918. The lowest BCUT2D eigenvalue weighted by Crippen LogP contribution is -2.36. The Morgan fingerprint density at radius 3 is 2.76 bits per heavy atom. The number of anilines is 1. The molecule has 2 atom stereocenters. The summed E-state index contributed by atoms with van der Waals surface area (Å²) < 4.78 is 16.2. The summed E-state index contributed by atoms with van der Waals surface area (Å²) in [4.78, 5) is 30.5. The SMILES string of the molecule is CCn1ncnc1C1C2=NCC(=O)c3cc(F)cc(c32)NOC1c1ccc(CN2CCC2)cc1. The van der Waals surface area contributed by atoms with E-state index in [0.29, 0.717) is 34.9 Å². The molecule has 6 rings (SSSR count). The molecule has 1 N–H and O–H groups in total. The Bertz CT molecular complexity index is 1280. The molecule has 3 aromatic rings. The number of aliphatic imine (C=N–C) groups is 1. The maximum Gasteiger partial charge on any atom is 0.185 e. The van der Waals surface area contributed by atoms with Crippen LogP contribution in [0.25, 0.3) is 0 Å². The predicted octanol–water partition coefficient (Wildman–Crippen LogP) is 3.51. The maximum atomic E-state index is 14.4. The first-order chi connectivity index (χ1) is 16.6. The Kier molecular flexibility index (Phi) is 5.23. The van der Waals surface area contributed by atoms with Gasteiger partial charge in [-0.15, -0.1) is 0 Å². The number of hydrogen-bond donors (Lipinski definition) is 1. The van der Waals surface area contributed by atoms with Gasteiger partial charge in [0.2, 0.25) is 0 Å². The molecular formula is C25H25FN6O2. The standard InChI is InChI=1S/C25H25FN6O2/c1-2-32-25(28-14-29-32)22-23-21-18(20(33)12-27-23)10-17(26)11-19(21)30-34-24(22)16-6-4-15(5-7-16)13-31-8-3-9-31/h4-7,10-11,14,22,24,30H,2-3,8-9,12-13H2,1H3. The topological polar surface area (TPSA) is 84.6 Å². The quantitative estimate of drug-likeness (QED) is 0.627. The van der Waals surface area contributed by atoms with E-state index in [2.05, 4.69) is 49.7 Å². The van der Waals surface area contributed by atoms with E-state index in [-0.39, 0.29) is 12.3 Å². The van der Waals surface area contributed by atoms with Crippen molar-refractivity contribution in [2.24, 2.45) is 4.99 Å². The second kappa shape index (κ2) is 8.41. The van der Waals surface area contributed by atoms with Crippen LogP contribution in [-0.4, -0.2) is 50.8 Å². The Morgan fingerprint density at radius 2 is 2.03 bits per heavy atom. The monoisotopic (exact) mass is 460 g/mol. The summed E-state index contributed by atoms with van der Waals surface area (Å²) in [5, 5.41) is 4.37. The zero-order valence-corrected chi connectivity index (χ0v) is 18.9. The molecule has 174 valence electrons. The number of ketones is 1. The summed E-state index contributed by atoms with van der Waals surface area (Å²) in [5.74, 6) is -0.461. The molecule has 0 spiro atoms. The van der Waals surface area contributed by atoms with E-state index in [0.717, 1.165) is 25.2 Å². The van der Waals surface area contributed by atoms with E-state index < -0.39 is 17.8 Å². The fraction of sp³-hybridized carbons (Fsp3) is 0.360. The highest BCUT2D eigenvalue weighted by atomic mass is 19.1. The molecule has 0 radical (unpaired) electrons. The van der Waals surface area contributed by atoms with Gasteiger partial charge in [0, 0.05) is 24.2 Å². The van der Waals surface area contributed by atoms with Crippen molar-refractivity contribution in [3.63, 3.8) is 0 Å². The van der Waals surface area contributed by atoms with Crippen molar-refractivity contribution in [1.29, 1.82) is 0 Å². The number of likely N-dealkylation sites (tertiary alicyclic amines) is 1. The van der Waals surface area contributed by atoms with Crippen LogP contribution < -0.4 is 5.48 Å². The first kappa shape index (κ1) is 21.1. The Labute approximate surface area is 196 Å². The minimum absolute atomic E-state index is 0.0382. The number of carbonyl (C=O) groups is 1. The minimum atomic E-state index is -0.511. The van der Waals surface area contributed by atoms with Crippen molar-refractivity contribution in [2.45, 2.75) is 38.5 Å². The van der Waals surface area contributed by atoms with Gasteiger partial charge in [-0.05, 0) is 49.7 Å². The van der Waals surface area contributed by atoms with E-state index in [1.807, 2.05) is 11.6 Å². The summed E-state index contributed by atoms with van der Waals surface area (Å²) in [6.45, 7) is 5.79. The molecule has 1 fully saturated rings. The largest absolute Gasteiger partial charge is 0.299 e. The number of carbonyl (C=O) groups excluding carboxylic acids is 1. The summed E-state index contributed by atoms with van der Waals surface area (Å²) in [6.07, 6.45) is 2.27.